The van der Waals surface area contributed by atoms with Gasteiger partial charge < -0.3 is 34.3 Å². The zero-order chi connectivity index (χ0) is 37.5. The van der Waals surface area contributed by atoms with Crippen LogP contribution < -0.4 is 14.8 Å². The number of piperidine rings is 1. The van der Waals surface area contributed by atoms with Gasteiger partial charge in [0.25, 0.3) is 0 Å². The van der Waals surface area contributed by atoms with Gasteiger partial charge in [-0.05, 0) is 88.8 Å². The van der Waals surface area contributed by atoms with Crippen molar-refractivity contribution in [3.05, 3.63) is 149 Å². The van der Waals surface area contributed by atoms with Crippen LogP contribution in [0.3, 0.4) is 0 Å². The number of carbonyl (C=O) groups is 2. The number of aliphatic hydroxyl groups excluding tert-OH is 1. The zero-order valence-electron chi connectivity index (χ0n) is 30.9. The normalized spacial score (nSPS) is 18.6. The molecule has 3 aliphatic rings. The summed E-state index contributed by atoms with van der Waals surface area (Å²) >= 11 is 0. The summed E-state index contributed by atoms with van der Waals surface area (Å²) in [5.74, 6) is 1.48. The van der Waals surface area contributed by atoms with Crippen molar-refractivity contribution in [2.75, 3.05) is 47.1 Å². The summed E-state index contributed by atoms with van der Waals surface area (Å²) in [6.45, 7) is 1.05. The Balaban J connectivity index is 1.19. The van der Waals surface area contributed by atoms with Gasteiger partial charge in [0.2, 0.25) is 5.91 Å². The highest BCUT2D eigenvalue weighted by Gasteiger charge is 2.41. The minimum Gasteiger partial charge on any atom is -0.497 e. The second-order valence-corrected chi connectivity index (χ2v) is 14.1. The fourth-order valence-corrected chi connectivity index (χ4v) is 8.19. The Morgan fingerprint density at radius 1 is 0.833 bits per heavy atom. The van der Waals surface area contributed by atoms with Gasteiger partial charge in [-0.2, -0.15) is 0 Å². The molecule has 2 N–H and O–H groups in total. The molecule has 1 aliphatic heterocycles. The van der Waals surface area contributed by atoms with Crippen molar-refractivity contribution in [1.82, 2.24) is 10.2 Å². The molecule has 2 amide bonds. The van der Waals surface area contributed by atoms with Crippen LogP contribution in [0.15, 0.2) is 121 Å². The number of nitrogens with zero attached hydrogens (tertiary/aromatic N) is 1. The average Bonchev–Trinajstić information content (AvgIpc) is 3.56. The number of fused-ring (bicyclic) bond motifs is 3. The molecule has 4 aromatic rings. The SMILES string of the molecule is COc1ccc(C(OCC(NC(=O)OCC2c3ccccc3C3=CC=CCC32)C(=O)N2CCC(CO)CC2)(c2ccccc2)c2ccc(OC)cc2)cc1. The standard InChI is InChI=1S/C45H48N2O7/c1-51-35-20-16-33(17-21-35)45(32-10-4-3-5-11-32,34-18-22-36(52-2)23-19-34)54-30-42(43(49)47-26-24-31(28-48)25-27-47)46-44(50)53-29-41-39-14-8-6-12-37(39)38-13-7-9-15-40(38)41/h3-14,16-23,31,40-42,48H,15,24-30H2,1-2H3,(H,46,50). The number of benzene rings is 4. The van der Waals surface area contributed by atoms with Crippen LogP contribution in [0.25, 0.3) is 5.57 Å². The quantitative estimate of drug-likeness (QED) is 0.142. The van der Waals surface area contributed by atoms with E-state index in [4.69, 9.17) is 18.9 Å². The molecule has 0 saturated carbocycles. The molecule has 54 heavy (non-hydrogen) atoms. The van der Waals surface area contributed by atoms with Gasteiger partial charge in [-0.15, -0.1) is 0 Å². The van der Waals surface area contributed by atoms with Gasteiger partial charge in [0.1, 0.15) is 29.7 Å². The molecule has 1 saturated heterocycles. The Hall–Kier alpha value is -5.38. The van der Waals surface area contributed by atoms with Crippen LogP contribution in [-0.2, 0) is 19.9 Å². The molecule has 4 aromatic carbocycles. The van der Waals surface area contributed by atoms with Gasteiger partial charge in [-0.3, -0.25) is 4.79 Å². The largest absolute Gasteiger partial charge is 0.497 e. The lowest BCUT2D eigenvalue weighted by molar-refractivity contribution is -0.138. The van der Waals surface area contributed by atoms with Crippen LogP contribution >= 0.6 is 0 Å². The number of hydrogen-bond acceptors (Lipinski definition) is 7. The first kappa shape index (κ1) is 37.0. The molecular weight excluding hydrogens is 681 g/mol. The Bertz CT molecular complexity index is 1900. The van der Waals surface area contributed by atoms with Crippen molar-refractivity contribution in [1.29, 1.82) is 0 Å². The summed E-state index contributed by atoms with van der Waals surface area (Å²) in [7, 11) is 3.24. The maximum absolute atomic E-state index is 14.4. The first-order valence-electron chi connectivity index (χ1n) is 18.7. The minimum absolute atomic E-state index is 0.00179. The third kappa shape index (κ3) is 7.52. The minimum atomic E-state index is -1.20. The molecule has 9 heteroatoms. The number of rotatable bonds is 13. The van der Waals surface area contributed by atoms with Crippen molar-refractivity contribution in [2.45, 2.75) is 36.8 Å². The molecule has 0 bridgehead atoms. The Morgan fingerprint density at radius 3 is 2.07 bits per heavy atom. The summed E-state index contributed by atoms with van der Waals surface area (Å²) in [5, 5.41) is 12.7. The molecule has 7 rings (SSSR count). The number of nitrogens with one attached hydrogen (secondary N) is 1. The lowest BCUT2D eigenvalue weighted by atomic mass is 9.80. The smallest absolute Gasteiger partial charge is 0.407 e. The number of hydrogen-bond donors (Lipinski definition) is 2. The van der Waals surface area contributed by atoms with E-state index < -0.39 is 17.7 Å². The summed E-state index contributed by atoms with van der Waals surface area (Å²) in [6.07, 6.45) is 7.95. The monoisotopic (exact) mass is 728 g/mol. The van der Waals surface area contributed by atoms with Crippen molar-refractivity contribution < 1.29 is 33.6 Å². The highest BCUT2D eigenvalue weighted by Crippen LogP contribution is 2.49. The van der Waals surface area contributed by atoms with Crippen molar-refractivity contribution in [2.24, 2.45) is 11.8 Å². The highest BCUT2D eigenvalue weighted by atomic mass is 16.6. The summed E-state index contributed by atoms with van der Waals surface area (Å²) in [4.78, 5) is 29.9. The number of amides is 2. The Labute approximate surface area is 317 Å². The van der Waals surface area contributed by atoms with Gasteiger partial charge in [0.15, 0.2) is 0 Å². The first-order valence-corrected chi connectivity index (χ1v) is 18.7. The van der Waals surface area contributed by atoms with Crippen LogP contribution in [0.2, 0.25) is 0 Å². The molecule has 2 aliphatic carbocycles. The molecule has 0 aromatic heterocycles. The molecule has 1 heterocycles. The number of methoxy groups -OCH3 is 2. The van der Waals surface area contributed by atoms with E-state index in [2.05, 4.69) is 35.7 Å². The molecule has 280 valence electrons. The van der Waals surface area contributed by atoms with E-state index in [1.165, 1.54) is 16.7 Å². The van der Waals surface area contributed by atoms with E-state index >= 15 is 0 Å². The van der Waals surface area contributed by atoms with E-state index in [0.717, 1.165) is 23.1 Å². The molecular formula is C45H48N2O7. The van der Waals surface area contributed by atoms with Gasteiger partial charge in [-0.1, -0.05) is 97.1 Å². The summed E-state index contributed by atoms with van der Waals surface area (Å²) < 4.78 is 24.1. The van der Waals surface area contributed by atoms with Crippen LogP contribution in [0, 0.1) is 11.8 Å². The maximum Gasteiger partial charge on any atom is 0.407 e. The lowest BCUT2D eigenvalue weighted by Crippen LogP contribution is -2.54. The molecule has 3 unspecified atom stereocenters. The Kier molecular flexibility index (Phi) is 11.5. The number of allylic oxidation sites excluding steroid dienone is 4. The van der Waals surface area contributed by atoms with E-state index in [9.17, 15) is 14.7 Å². The molecule has 0 spiro atoms. The van der Waals surface area contributed by atoms with Gasteiger partial charge in [0, 0.05) is 25.6 Å². The van der Waals surface area contributed by atoms with E-state index in [1.54, 1.807) is 19.1 Å². The molecule has 3 atom stereocenters. The van der Waals surface area contributed by atoms with Crippen LogP contribution in [0.4, 0.5) is 4.79 Å². The van der Waals surface area contributed by atoms with E-state index in [1.807, 2.05) is 91.0 Å². The number of ether oxygens (including phenoxy) is 4. The highest BCUT2D eigenvalue weighted by molar-refractivity contribution is 5.86. The van der Waals surface area contributed by atoms with Gasteiger partial charge >= 0.3 is 6.09 Å². The predicted octanol–water partition coefficient (Wildman–Crippen LogP) is 7.09. The van der Waals surface area contributed by atoms with E-state index in [-0.39, 0.29) is 43.5 Å². The van der Waals surface area contributed by atoms with Gasteiger partial charge in [-0.25, -0.2) is 4.79 Å². The number of likely N-dealkylation sites (tertiary alicyclic amines) is 1. The maximum atomic E-state index is 14.4. The third-order valence-electron chi connectivity index (χ3n) is 11.2. The van der Waals surface area contributed by atoms with E-state index in [0.29, 0.717) is 37.4 Å². The second-order valence-electron chi connectivity index (χ2n) is 14.1. The lowest BCUT2D eigenvalue weighted by Gasteiger charge is -2.38. The van der Waals surface area contributed by atoms with Crippen LogP contribution in [0.1, 0.15) is 53.0 Å². The van der Waals surface area contributed by atoms with Crippen molar-refractivity contribution in [3.8, 4) is 11.5 Å². The topological polar surface area (TPSA) is 107 Å². The van der Waals surface area contributed by atoms with Crippen LogP contribution in [-0.4, -0.2) is 75.2 Å². The number of aliphatic hydroxyl groups is 1. The number of alkyl carbamates (subject to hydrolysis) is 1. The molecule has 9 nitrogen and oxygen atoms in total. The summed E-state index contributed by atoms with van der Waals surface area (Å²) in [5.41, 5.74) is 4.89. The third-order valence-corrected chi connectivity index (χ3v) is 11.2. The molecule has 0 radical (unpaired) electrons. The van der Waals surface area contributed by atoms with Crippen molar-refractivity contribution >= 4 is 17.6 Å². The molecule has 1 fully saturated rings. The Morgan fingerprint density at radius 2 is 1.44 bits per heavy atom. The predicted molar refractivity (Wildman–Crippen MR) is 207 cm³/mol. The zero-order valence-corrected chi connectivity index (χ0v) is 30.9. The van der Waals surface area contributed by atoms with Gasteiger partial charge in [0.05, 0.1) is 20.8 Å². The number of carbonyl (C=O) groups excluding carboxylic acids is 2. The summed E-state index contributed by atoms with van der Waals surface area (Å²) in [6, 6.07) is 32.4. The fourth-order valence-electron chi connectivity index (χ4n) is 8.19. The van der Waals surface area contributed by atoms with Crippen LogP contribution in [0.5, 0.6) is 11.5 Å². The first-order chi connectivity index (χ1) is 26.4. The van der Waals surface area contributed by atoms with Crippen molar-refractivity contribution in [3.63, 3.8) is 0 Å². The second kappa shape index (κ2) is 16.7. The average molecular weight is 729 g/mol. The fraction of sp³-hybridized carbons (Fsp3) is 0.333.